The van der Waals surface area contributed by atoms with Crippen molar-refractivity contribution in [3.8, 4) is 0 Å². The molecule has 1 saturated carbocycles. The Morgan fingerprint density at radius 2 is 2.12 bits per heavy atom. The minimum Gasteiger partial charge on any atom is -0.367 e. The molecule has 0 bridgehead atoms. The molecule has 1 aliphatic rings. The van der Waals surface area contributed by atoms with Crippen LogP contribution in [0, 0.1) is 5.92 Å². The van der Waals surface area contributed by atoms with Crippen molar-refractivity contribution in [3.05, 3.63) is 23.9 Å². The maximum Gasteiger partial charge on any atom is 0.416 e. The number of anilines is 1. The van der Waals surface area contributed by atoms with Gasteiger partial charge in [0.1, 0.15) is 5.82 Å². The molecular weight excluding hydrogens is 217 g/mol. The van der Waals surface area contributed by atoms with Crippen molar-refractivity contribution >= 4 is 5.82 Å². The molecule has 0 aromatic carbocycles. The van der Waals surface area contributed by atoms with Crippen molar-refractivity contribution < 1.29 is 13.2 Å². The van der Waals surface area contributed by atoms with E-state index in [1.54, 1.807) is 0 Å². The number of rotatable bonds is 3. The number of halogens is 3. The van der Waals surface area contributed by atoms with Crippen molar-refractivity contribution in [3.63, 3.8) is 0 Å². The second-order valence-electron chi connectivity index (χ2n) is 4.20. The lowest BCUT2D eigenvalue weighted by Crippen LogP contribution is -2.18. The summed E-state index contributed by atoms with van der Waals surface area (Å²) in [6.45, 7) is 1.97. The zero-order valence-corrected chi connectivity index (χ0v) is 8.88. The van der Waals surface area contributed by atoms with Gasteiger partial charge < -0.3 is 5.32 Å². The molecule has 1 aromatic rings. The first kappa shape index (κ1) is 11.2. The number of hydrogen-bond acceptors (Lipinski definition) is 2. The number of aromatic nitrogens is 1. The first-order valence-electron chi connectivity index (χ1n) is 5.26. The van der Waals surface area contributed by atoms with Crippen LogP contribution in [0.15, 0.2) is 18.3 Å². The van der Waals surface area contributed by atoms with Crippen LogP contribution in [0.25, 0.3) is 0 Å². The average molecular weight is 230 g/mol. The number of pyridine rings is 1. The molecular formula is C11H13F3N2. The average Bonchev–Trinajstić information content (AvgIpc) is 2.99. The number of alkyl halides is 3. The van der Waals surface area contributed by atoms with Crippen LogP contribution in [0.1, 0.15) is 25.3 Å². The first-order chi connectivity index (χ1) is 7.47. The maximum absolute atomic E-state index is 12.4. The monoisotopic (exact) mass is 230 g/mol. The number of hydrogen-bond donors (Lipinski definition) is 1. The molecule has 2 nitrogen and oxygen atoms in total. The SMILES string of the molecule is CC(Nc1cc(C(F)(F)F)ccn1)C1CC1. The van der Waals surface area contributed by atoms with Crippen molar-refractivity contribution in [2.24, 2.45) is 5.92 Å². The molecule has 0 spiro atoms. The Hall–Kier alpha value is -1.26. The second-order valence-corrected chi connectivity index (χ2v) is 4.20. The van der Waals surface area contributed by atoms with E-state index < -0.39 is 11.7 Å². The van der Waals surface area contributed by atoms with E-state index in [0.717, 1.165) is 25.0 Å². The van der Waals surface area contributed by atoms with Gasteiger partial charge in [0, 0.05) is 12.2 Å². The quantitative estimate of drug-likeness (QED) is 0.861. The molecule has 16 heavy (non-hydrogen) atoms. The lowest BCUT2D eigenvalue weighted by molar-refractivity contribution is -0.137. The fourth-order valence-corrected chi connectivity index (χ4v) is 1.63. The van der Waals surface area contributed by atoms with Crippen LogP contribution in [-0.4, -0.2) is 11.0 Å². The summed E-state index contributed by atoms with van der Waals surface area (Å²) in [5.74, 6) is 0.880. The summed E-state index contributed by atoms with van der Waals surface area (Å²) in [5, 5.41) is 3.01. The minimum atomic E-state index is -4.30. The summed E-state index contributed by atoms with van der Waals surface area (Å²) in [5.41, 5.74) is -0.659. The zero-order chi connectivity index (χ0) is 11.8. The van der Waals surface area contributed by atoms with Crippen LogP contribution >= 0.6 is 0 Å². The molecule has 1 unspecified atom stereocenters. The molecule has 1 atom stereocenters. The third-order valence-electron chi connectivity index (χ3n) is 2.79. The molecule has 1 aromatic heterocycles. The molecule has 0 amide bonds. The molecule has 1 fully saturated rings. The van der Waals surface area contributed by atoms with Gasteiger partial charge in [0.05, 0.1) is 5.56 Å². The van der Waals surface area contributed by atoms with E-state index in [0.29, 0.717) is 11.7 Å². The van der Waals surface area contributed by atoms with Gasteiger partial charge in [-0.3, -0.25) is 0 Å². The van der Waals surface area contributed by atoms with Crippen LogP contribution in [-0.2, 0) is 6.18 Å². The van der Waals surface area contributed by atoms with Crippen molar-refractivity contribution in [2.75, 3.05) is 5.32 Å². The van der Waals surface area contributed by atoms with Crippen molar-refractivity contribution in [1.29, 1.82) is 0 Å². The van der Waals surface area contributed by atoms with E-state index in [1.165, 1.54) is 6.20 Å². The summed E-state index contributed by atoms with van der Waals surface area (Å²) in [6, 6.07) is 2.22. The van der Waals surface area contributed by atoms with Gasteiger partial charge in [-0.25, -0.2) is 4.98 Å². The summed E-state index contributed by atoms with van der Waals surface area (Å²) < 4.78 is 37.3. The third-order valence-corrected chi connectivity index (χ3v) is 2.79. The Morgan fingerprint density at radius 3 is 2.69 bits per heavy atom. The lowest BCUT2D eigenvalue weighted by Gasteiger charge is -2.14. The lowest BCUT2D eigenvalue weighted by atomic mass is 10.2. The highest BCUT2D eigenvalue weighted by molar-refractivity contribution is 5.39. The molecule has 1 N–H and O–H groups in total. The summed E-state index contributed by atoms with van der Waals surface area (Å²) in [6.07, 6.45) is -0.826. The van der Waals surface area contributed by atoms with Gasteiger partial charge in [0.2, 0.25) is 0 Å². The van der Waals surface area contributed by atoms with Crippen LogP contribution < -0.4 is 5.32 Å². The predicted octanol–water partition coefficient (Wildman–Crippen LogP) is 3.31. The molecule has 0 radical (unpaired) electrons. The van der Waals surface area contributed by atoms with E-state index in [2.05, 4.69) is 10.3 Å². The Bertz CT molecular complexity index is 372. The minimum absolute atomic E-state index is 0.191. The molecule has 0 aliphatic heterocycles. The fourth-order valence-electron chi connectivity index (χ4n) is 1.63. The Kier molecular flexibility index (Phi) is 2.78. The predicted molar refractivity (Wildman–Crippen MR) is 55.0 cm³/mol. The highest BCUT2D eigenvalue weighted by atomic mass is 19.4. The van der Waals surface area contributed by atoms with Crippen molar-refractivity contribution in [1.82, 2.24) is 4.98 Å². The molecule has 88 valence electrons. The topological polar surface area (TPSA) is 24.9 Å². The third kappa shape index (κ3) is 2.65. The van der Waals surface area contributed by atoms with E-state index in [-0.39, 0.29) is 6.04 Å². The highest BCUT2D eigenvalue weighted by Crippen LogP contribution is 2.34. The van der Waals surface area contributed by atoms with Crippen LogP contribution in [0.2, 0.25) is 0 Å². The smallest absolute Gasteiger partial charge is 0.367 e. The second kappa shape index (κ2) is 3.96. The maximum atomic E-state index is 12.4. The van der Waals surface area contributed by atoms with E-state index >= 15 is 0 Å². The van der Waals surface area contributed by atoms with Crippen LogP contribution in [0.3, 0.4) is 0 Å². The molecule has 2 rings (SSSR count). The van der Waals surface area contributed by atoms with Gasteiger partial charge in [0.25, 0.3) is 0 Å². The Morgan fingerprint density at radius 1 is 1.44 bits per heavy atom. The van der Waals surface area contributed by atoms with E-state index in [9.17, 15) is 13.2 Å². The molecule has 1 aliphatic carbocycles. The Balaban J connectivity index is 2.09. The van der Waals surface area contributed by atoms with Crippen molar-refractivity contribution in [2.45, 2.75) is 32.0 Å². The Labute approximate surface area is 91.9 Å². The van der Waals surface area contributed by atoms with Gasteiger partial charge in [0.15, 0.2) is 0 Å². The summed E-state index contributed by atoms with van der Waals surface area (Å²) in [7, 11) is 0. The summed E-state index contributed by atoms with van der Waals surface area (Å²) in [4.78, 5) is 3.89. The standard InChI is InChI=1S/C11H13F3N2/c1-7(8-2-3-8)16-10-6-9(4-5-15-10)11(12,13)14/h4-8H,2-3H2,1H3,(H,15,16). The van der Waals surface area contributed by atoms with E-state index in [4.69, 9.17) is 0 Å². The highest BCUT2D eigenvalue weighted by Gasteiger charge is 2.32. The van der Waals surface area contributed by atoms with Gasteiger partial charge in [-0.2, -0.15) is 13.2 Å². The van der Waals surface area contributed by atoms with Gasteiger partial charge >= 0.3 is 6.18 Å². The first-order valence-corrected chi connectivity index (χ1v) is 5.26. The van der Waals surface area contributed by atoms with Gasteiger partial charge in [-0.05, 0) is 37.8 Å². The normalized spacial score (nSPS) is 18.2. The van der Waals surface area contributed by atoms with E-state index in [1.807, 2.05) is 6.92 Å². The summed E-state index contributed by atoms with van der Waals surface area (Å²) >= 11 is 0. The number of nitrogens with zero attached hydrogens (tertiary/aromatic N) is 1. The van der Waals surface area contributed by atoms with Gasteiger partial charge in [-0.1, -0.05) is 0 Å². The largest absolute Gasteiger partial charge is 0.416 e. The van der Waals surface area contributed by atoms with Gasteiger partial charge in [-0.15, -0.1) is 0 Å². The molecule has 0 saturated heterocycles. The molecule has 5 heteroatoms. The van der Waals surface area contributed by atoms with Crippen LogP contribution in [0.4, 0.5) is 19.0 Å². The number of nitrogens with one attached hydrogen (secondary N) is 1. The fraction of sp³-hybridized carbons (Fsp3) is 0.545. The molecule has 1 heterocycles. The van der Waals surface area contributed by atoms with Crippen LogP contribution in [0.5, 0.6) is 0 Å². The zero-order valence-electron chi connectivity index (χ0n) is 8.88.